The van der Waals surface area contributed by atoms with Gasteiger partial charge in [-0.2, -0.15) is 0 Å². The molecule has 0 spiro atoms. The van der Waals surface area contributed by atoms with Gasteiger partial charge in [0, 0.05) is 5.56 Å². The van der Waals surface area contributed by atoms with Crippen molar-refractivity contribution in [2.45, 2.75) is 41.2 Å². The number of halogens is 4. The molecule has 0 bridgehead atoms. The Hall–Kier alpha value is -1.85. The van der Waals surface area contributed by atoms with E-state index in [4.69, 9.17) is 4.74 Å². The number of ether oxygens (including phenoxy) is 1. The Morgan fingerprint density at radius 3 is 2.04 bits per heavy atom. The molecule has 2 nitrogen and oxygen atoms in total. The van der Waals surface area contributed by atoms with Crippen LogP contribution >= 0.6 is 0 Å². The molecule has 132 valence electrons. The third-order valence-electron chi connectivity index (χ3n) is 4.61. The average molecular weight is 344 g/mol. The van der Waals surface area contributed by atoms with Crippen LogP contribution in [0.4, 0.5) is 17.6 Å². The maximum Gasteiger partial charge on any atom is 0.310 e. The van der Waals surface area contributed by atoms with E-state index in [0.29, 0.717) is 0 Å². The fourth-order valence-electron chi connectivity index (χ4n) is 2.94. The van der Waals surface area contributed by atoms with Crippen molar-refractivity contribution < 1.29 is 27.1 Å². The van der Waals surface area contributed by atoms with Gasteiger partial charge in [-0.1, -0.05) is 25.5 Å². The minimum Gasteiger partial charge on any atom is -0.460 e. The number of benzene rings is 1. The molecule has 0 radical (unpaired) electrons. The van der Waals surface area contributed by atoms with Crippen LogP contribution in [0.5, 0.6) is 0 Å². The first kappa shape index (κ1) is 18.5. The summed E-state index contributed by atoms with van der Waals surface area (Å²) in [6, 6.07) is 0. The van der Waals surface area contributed by atoms with Crippen molar-refractivity contribution in [2.24, 2.45) is 17.3 Å². The predicted molar refractivity (Wildman–Crippen MR) is 81.0 cm³/mol. The Morgan fingerprint density at radius 1 is 1.08 bits per heavy atom. The molecule has 1 aliphatic rings. The fourth-order valence-corrected chi connectivity index (χ4v) is 2.94. The number of carbonyl (C=O) groups is 1. The zero-order valence-electron chi connectivity index (χ0n) is 14.3. The second kappa shape index (κ2) is 6.22. The maximum absolute atomic E-state index is 13.8. The predicted octanol–water partition coefficient (Wildman–Crippen LogP) is 4.83. The summed E-state index contributed by atoms with van der Waals surface area (Å²) < 4.78 is 59.6. The molecule has 1 saturated carbocycles. The lowest BCUT2D eigenvalue weighted by molar-refractivity contribution is -0.147. The SMILES string of the molecule is CC(C)=C[C@@H]1[C@@H](C(=O)OCc2c(F)c(F)c(C)c(F)c2F)C1(C)C. The van der Waals surface area contributed by atoms with Gasteiger partial charge < -0.3 is 4.74 Å². The highest BCUT2D eigenvalue weighted by molar-refractivity contribution is 5.78. The molecule has 24 heavy (non-hydrogen) atoms. The van der Waals surface area contributed by atoms with Crippen LogP contribution in [-0.2, 0) is 16.1 Å². The largest absolute Gasteiger partial charge is 0.460 e. The summed E-state index contributed by atoms with van der Waals surface area (Å²) in [5, 5.41) is 0. The summed E-state index contributed by atoms with van der Waals surface area (Å²) in [5.41, 5.74) is -0.939. The highest BCUT2D eigenvalue weighted by Gasteiger charge is 2.61. The van der Waals surface area contributed by atoms with Crippen molar-refractivity contribution in [2.75, 3.05) is 0 Å². The van der Waals surface area contributed by atoms with Crippen molar-refractivity contribution in [1.29, 1.82) is 0 Å². The van der Waals surface area contributed by atoms with Crippen LogP contribution in [0.2, 0.25) is 0 Å². The van der Waals surface area contributed by atoms with Crippen LogP contribution in [0.25, 0.3) is 0 Å². The highest BCUT2D eigenvalue weighted by atomic mass is 19.2. The molecule has 0 saturated heterocycles. The number of allylic oxidation sites excluding steroid dienone is 2. The maximum atomic E-state index is 13.8. The van der Waals surface area contributed by atoms with Gasteiger partial charge in [-0.05, 0) is 32.1 Å². The van der Waals surface area contributed by atoms with Gasteiger partial charge in [0.1, 0.15) is 6.61 Å². The number of esters is 1. The number of hydrogen-bond donors (Lipinski definition) is 0. The summed E-state index contributed by atoms with van der Waals surface area (Å²) in [6.45, 7) is 7.66. The Bertz CT molecular complexity index is 689. The van der Waals surface area contributed by atoms with Gasteiger partial charge in [0.15, 0.2) is 23.3 Å². The van der Waals surface area contributed by atoms with E-state index < -0.39 is 52.9 Å². The molecule has 1 fully saturated rings. The molecule has 6 heteroatoms. The van der Waals surface area contributed by atoms with E-state index in [1.165, 1.54) is 0 Å². The first-order valence-corrected chi connectivity index (χ1v) is 7.63. The zero-order chi connectivity index (χ0) is 18.4. The number of hydrogen-bond acceptors (Lipinski definition) is 2. The Labute approximate surface area is 138 Å². The second-order valence-corrected chi connectivity index (χ2v) is 7.04. The van der Waals surface area contributed by atoms with Gasteiger partial charge in [0.2, 0.25) is 0 Å². The van der Waals surface area contributed by atoms with Crippen LogP contribution in [0.1, 0.15) is 38.8 Å². The first-order valence-electron chi connectivity index (χ1n) is 7.63. The van der Waals surface area contributed by atoms with Gasteiger partial charge in [-0.3, -0.25) is 4.79 Å². The molecule has 2 atom stereocenters. The summed E-state index contributed by atoms with van der Waals surface area (Å²) >= 11 is 0. The molecule has 0 aliphatic heterocycles. The molecule has 1 aliphatic carbocycles. The van der Waals surface area contributed by atoms with Gasteiger partial charge in [0.05, 0.1) is 11.5 Å². The van der Waals surface area contributed by atoms with Gasteiger partial charge in [-0.25, -0.2) is 17.6 Å². The van der Waals surface area contributed by atoms with E-state index in [1.54, 1.807) is 0 Å². The molecule has 0 unspecified atom stereocenters. The van der Waals surface area contributed by atoms with E-state index in [1.807, 2.05) is 33.8 Å². The minimum atomic E-state index is -1.53. The third kappa shape index (κ3) is 3.06. The smallest absolute Gasteiger partial charge is 0.310 e. The van der Waals surface area contributed by atoms with Crippen LogP contribution < -0.4 is 0 Å². The van der Waals surface area contributed by atoms with Crippen molar-refractivity contribution >= 4 is 5.97 Å². The van der Waals surface area contributed by atoms with E-state index in [9.17, 15) is 22.4 Å². The number of carbonyl (C=O) groups excluding carboxylic acids is 1. The number of rotatable bonds is 4. The van der Waals surface area contributed by atoms with Crippen molar-refractivity contribution in [3.05, 3.63) is 46.0 Å². The molecule has 0 aromatic heterocycles. The van der Waals surface area contributed by atoms with E-state index in [2.05, 4.69) is 0 Å². The van der Waals surface area contributed by atoms with Crippen LogP contribution in [0.3, 0.4) is 0 Å². The van der Waals surface area contributed by atoms with Gasteiger partial charge in [0.25, 0.3) is 0 Å². The lowest BCUT2D eigenvalue weighted by Crippen LogP contribution is -2.14. The first-order chi connectivity index (χ1) is 11.0. The summed E-state index contributed by atoms with van der Waals surface area (Å²) in [6.07, 6.45) is 1.94. The molecular formula is C18H20F4O2. The van der Waals surface area contributed by atoms with Crippen molar-refractivity contribution in [1.82, 2.24) is 0 Å². The molecule has 1 aromatic rings. The Kier molecular flexibility index (Phi) is 4.79. The molecule has 2 rings (SSSR count). The Morgan fingerprint density at radius 2 is 1.58 bits per heavy atom. The second-order valence-electron chi connectivity index (χ2n) is 7.04. The molecular weight excluding hydrogens is 324 g/mol. The van der Waals surface area contributed by atoms with Crippen molar-refractivity contribution in [3.63, 3.8) is 0 Å². The summed E-state index contributed by atoms with van der Waals surface area (Å²) in [4.78, 5) is 12.2. The Balaban J connectivity index is 2.16. The van der Waals surface area contributed by atoms with Crippen LogP contribution in [0, 0.1) is 47.4 Å². The average Bonchev–Trinajstić information content (AvgIpc) is 3.02. The van der Waals surface area contributed by atoms with Gasteiger partial charge >= 0.3 is 5.97 Å². The molecule has 1 aromatic carbocycles. The topological polar surface area (TPSA) is 26.3 Å². The molecule has 0 heterocycles. The third-order valence-corrected chi connectivity index (χ3v) is 4.61. The van der Waals surface area contributed by atoms with Crippen molar-refractivity contribution in [3.8, 4) is 0 Å². The molecule has 0 amide bonds. The highest BCUT2D eigenvalue weighted by Crippen LogP contribution is 2.59. The quantitative estimate of drug-likeness (QED) is 0.338. The van der Waals surface area contributed by atoms with Crippen LogP contribution in [-0.4, -0.2) is 5.97 Å². The standard InChI is InChI=1S/C18H20F4O2/c1-8(2)6-11-12(18(11,4)5)17(23)24-7-10-15(21)13(19)9(3)14(20)16(10)22/h6,11-12H,7H2,1-5H3/t11-,12+/m1/s1. The van der Waals surface area contributed by atoms with E-state index in [-0.39, 0.29) is 11.3 Å². The summed E-state index contributed by atoms with van der Waals surface area (Å²) in [7, 11) is 0. The van der Waals surface area contributed by atoms with Gasteiger partial charge in [-0.15, -0.1) is 0 Å². The zero-order valence-corrected chi connectivity index (χ0v) is 14.3. The molecule has 0 N–H and O–H groups in total. The monoisotopic (exact) mass is 344 g/mol. The van der Waals surface area contributed by atoms with Crippen LogP contribution in [0.15, 0.2) is 11.6 Å². The lowest BCUT2D eigenvalue weighted by atomic mass is 10.1. The van der Waals surface area contributed by atoms with E-state index in [0.717, 1.165) is 12.5 Å². The lowest BCUT2D eigenvalue weighted by Gasteiger charge is -2.10. The fraction of sp³-hybridized carbons (Fsp3) is 0.500. The minimum absolute atomic E-state index is 0.0313. The summed E-state index contributed by atoms with van der Waals surface area (Å²) in [5.74, 6) is -7.13. The normalized spacial score (nSPS) is 21.4. The van der Waals surface area contributed by atoms with E-state index >= 15 is 0 Å².